The Morgan fingerprint density at radius 1 is 0.860 bits per heavy atom. The Morgan fingerprint density at radius 2 is 1.52 bits per heavy atom. The van der Waals surface area contributed by atoms with Gasteiger partial charge in [0.05, 0.1) is 28.1 Å². The van der Waals surface area contributed by atoms with Crippen molar-refractivity contribution in [2.45, 2.75) is 63.1 Å². The molecule has 50 heavy (non-hydrogen) atoms. The average molecular weight is 660 g/mol. The summed E-state index contributed by atoms with van der Waals surface area (Å²) in [7, 11) is 0. The highest BCUT2D eigenvalue weighted by Crippen LogP contribution is 2.84. The highest BCUT2D eigenvalue weighted by atomic mass is 16.3. The first-order valence-corrected chi connectivity index (χ1v) is 17.6. The number of aromatic nitrogens is 2. The van der Waals surface area contributed by atoms with Crippen molar-refractivity contribution in [3.8, 4) is 0 Å². The number of allylic oxidation sites excluding steroid dienone is 3. The molecule has 3 aromatic carbocycles. The van der Waals surface area contributed by atoms with Gasteiger partial charge in [-0.25, -0.2) is 14.6 Å². The monoisotopic (exact) mass is 659 g/mol. The smallest absolute Gasteiger partial charge is 0.265 e. The third kappa shape index (κ3) is 4.24. The van der Waals surface area contributed by atoms with Gasteiger partial charge in [-0.3, -0.25) is 14.6 Å². The Kier molecular flexibility index (Phi) is 5.90. The molecule has 6 aliphatic rings. The third-order valence-electron chi connectivity index (χ3n) is 12.3. The van der Waals surface area contributed by atoms with Crippen LogP contribution in [0.4, 0.5) is 5.82 Å². The second kappa shape index (κ2) is 9.94. The van der Waals surface area contributed by atoms with E-state index in [1.165, 1.54) is 4.90 Å². The molecule has 2 bridgehead atoms. The molecule has 8 nitrogen and oxygen atoms in total. The normalized spacial score (nSPS) is 33.1. The molecule has 2 amide bonds. The Bertz CT molecular complexity index is 2210. The van der Waals surface area contributed by atoms with Crippen LogP contribution >= 0.6 is 0 Å². The predicted octanol–water partition coefficient (Wildman–Crippen LogP) is 7.37. The molecule has 1 N–H and O–H groups in total. The molecule has 248 valence electrons. The number of amides is 2. The number of hydrogen-bond donors (Lipinski definition) is 1. The van der Waals surface area contributed by atoms with E-state index in [0.717, 1.165) is 58.7 Å². The first-order chi connectivity index (χ1) is 24.1. The fourth-order valence-corrected chi connectivity index (χ4v) is 9.19. The summed E-state index contributed by atoms with van der Waals surface area (Å²) in [6, 6.07) is 27.9. The molecule has 0 spiro atoms. The molecule has 2 unspecified atom stereocenters. The number of imide groups is 1. The second-order valence-electron chi connectivity index (χ2n) is 15.7. The number of aryl methyl sites for hydroxylation is 1. The van der Waals surface area contributed by atoms with Crippen LogP contribution in [0.2, 0.25) is 0 Å². The van der Waals surface area contributed by atoms with Crippen molar-refractivity contribution in [2.75, 3.05) is 0 Å². The molecular formula is C42H37N5O3. The molecule has 10 rings (SSSR count). The average Bonchev–Trinajstić information content (AvgIpc) is 3.97. The summed E-state index contributed by atoms with van der Waals surface area (Å²) in [5.74, 6) is 0.821. The number of rotatable bonds is 6. The number of nitrogens with zero attached hydrogens (tertiary/aromatic N) is 5. The Hall–Kier alpha value is -5.21. The molecule has 3 fully saturated rings. The van der Waals surface area contributed by atoms with Gasteiger partial charge in [0.1, 0.15) is 6.17 Å². The number of benzene rings is 3. The first-order valence-electron chi connectivity index (χ1n) is 17.6. The van der Waals surface area contributed by atoms with Crippen molar-refractivity contribution >= 4 is 35.1 Å². The van der Waals surface area contributed by atoms with Crippen molar-refractivity contribution in [3.05, 3.63) is 137 Å². The van der Waals surface area contributed by atoms with Crippen molar-refractivity contribution in [2.24, 2.45) is 26.7 Å². The molecule has 3 aliphatic heterocycles. The van der Waals surface area contributed by atoms with Crippen LogP contribution in [0.25, 0.3) is 5.57 Å². The molecular weight excluding hydrogens is 622 g/mol. The SMILES string of the molecule is Cc1cc2n(n1)C1CC(C)(C=N2)C=C(c2ccccc2)C(c2ccc(C3(C=CN4C(=O)c5ccccc5C4=O)CC(O)(C45CC4C5)C3)cc2)=N1. The number of aliphatic hydroxyl groups is 1. The summed E-state index contributed by atoms with van der Waals surface area (Å²) in [5.41, 5.74) is 5.28. The van der Waals surface area contributed by atoms with Gasteiger partial charge >= 0.3 is 0 Å². The van der Waals surface area contributed by atoms with Crippen LogP contribution in [0.5, 0.6) is 0 Å². The second-order valence-corrected chi connectivity index (χ2v) is 15.7. The largest absolute Gasteiger partial charge is 0.389 e. The standard InChI is InChI=1S/C42H37N5O3/c1-26-18-34-43-25-39(2)21-33(27-8-4-3-5-9-27)36(44-35(22-39)47(34)45-26)28-12-14-29(15-13-28)40(23-42(50,24-40)41-19-30(41)20-41)16-17-46-37(48)31-10-6-7-11-32(31)38(46)49/h3-18,21,25,30,35,50H,19-20,22-24H2,1-2H3. The highest BCUT2D eigenvalue weighted by Gasteiger charge is 2.82. The van der Waals surface area contributed by atoms with Crippen molar-refractivity contribution < 1.29 is 14.7 Å². The molecule has 2 atom stereocenters. The first kappa shape index (κ1) is 29.7. The van der Waals surface area contributed by atoms with Crippen LogP contribution in [0.1, 0.15) is 88.3 Å². The van der Waals surface area contributed by atoms with Crippen LogP contribution in [0.3, 0.4) is 0 Å². The van der Waals surface area contributed by atoms with Gasteiger partial charge in [0, 0.05) is 52.3 Å². The third-order valence-corrected chi connectivity index (χ3v) is 12.3. The summed E-state index contributed by atoms with van der Waals surface area (Å²) < 4.78 is 1.95. The van der Waals surface area contributed by atoms with Crippen LogP contribution < -0.4 is 0 Å². The Balaban J connectivity index is 1.04. The number of fused-ring (bicyclic) bond motifs is 6. The lowest BCUT2D eigenvalue weighted by Crippen LogP contribution is -2.57. The summed E-state index contributed by atoms with van der Waals surface area (Å²) in [5, 5.41) is 16.6. The van der Waals surface area contributed by atoms with Crippen LogP contribution in [-0.4, -0.2) is 49.1 Å². The molecule has 1 aromatic heterocycles. The zero-order valence-corrected chi connectivity index (χ0v) is 28.1. The van der Waals surface area contributed by atoms with Gasteiger partial charge in [0.25, 0.3) is 11.8 Å². The number of aliphatic imine (C=N–C) groups is 2. The van der Waals surface area contributed by atoms with Gasteiger partial charge < -0.3 is 5.11 Å². The van der Waals surface area contributed by atoms with E-state index in [-0.39, 0.29) is 28.8 Å². The van der Waals surface area contributed by atoms with E-state index < -0.39 is 11.0 Å². The fourth-order valence-electron chi connectivity index (χ4n) is 9.19. The van der Waals surface area contributed by atoms with Gasteiger partial charge in [-0.1, -0.05) is 85.8 Å². The zero-order valence-electron chi connectivity index (χ0n) is 28.1. The van der Waals surface area contributed by atoms with E-state index in [4.69, 9.17) is 15.1 Å². The van der Waals surface area contributed by atoms with E-state index in [1.54, 1.807) is 30.5 Å². The molecule has 8 heteroatoms. The van der Waals surface area contributed by atoms with E-state index in [1.807, 2.05) is 36.0 Å². The van der Waals surface area contributed by atoms with Crippen LogP contribution in [0, 0.1) is 23.7 Å². The maximum atomic E-state index is 13.2. The van der Waals surface area contributed by atoms with Crippen LogP contribution in [-0.2, 0) is 5.41 Å². The number of hydrogen-bond acceptors (Lipinski definition) is 6. The predicted molar refractivity (Wildman–Crippen MR) is 191 cm³/mol. The number of carbonyl (C=O) groups is 2. The lowest BCUT2D eigenvalue weighted by atomic mass is 9.53. The Labute approximate surface area is 290 Å². The lowest BCUT2D eigenvalue weighted by molar-refractivity contribution is -0.112. The van der Waals surface area contributed by atoms with Gasteiger partial charge in [-0.15, -0.1) is 0 Å². The molecule has 3 saturated carbocycles. The van der Waals surface area contributed by atoms with E-state index in [2.05, 4.69) is 61.5 Å². The maximum absolute atomic E-state index is 13.2. The maximum Gasteiger partial charge on any atom is 0.265 e. The minimum Gasteiger partial charge on any atom is -0.389 e. The summed E-state index contributed by atoms with van der Waals surface area (Å²) in [6.07, 6.45) is 11.8. The topological polar surface area (TPSA) is 100 Å². The fraction of sp³-hybridized carbons (Fsp3) is 0.310. The minimum absolute atomic E-state index is 0.0594. The Morgan fingerprint density at radius 3 is 2.18 bits per heavy atom. The van der Waals surface area contributed by atoms with Gasteiger partial charge in [0.2, 0.25) is 0 Å². The molecule has 4 aromatic rings. The van der Waals surface area contributed by atoms with Crippen LogP contribution in [0.15, 0.2) is 113 Å². The van der Waals surface area contributed by atoms with Gasteiger partial charge in [0.15, 0.2) is 5.82 Å². The number of carbonyl (C=O) groups excluding carboxylic acids is 2. The summed E-state index contributed by atoms with van der Waals surface area (Å²) in [4.78, 5) is 38.0. The van der Waals surface area contributed by atoms with Crippen molar-refractivity contribution in [3.63, 3.8) is 0 Å². The minimum atomic E-state index is -0.732. The quantitative estimate of drug-likeness (QED) is 0.219. The van der Waals surface area contributed by atoms with E-state index in [0.29, 0.717) is 29.9 Å². The van der Waals surface area contributed by atoms with Crippen molar-refractivity contribution in [1.82, 2.24) is 14.7 Å². The summed E-state index contributed by atoms with van der Waals surface area (Å²) in [6.45, 7) is 4.19. The van der Waals surface area contributed by atoms with Gasteiger partial charge in [-0.2, -0.15) is 5.10 Å². The molecule has 4 heterocycles. The molecule has 0 saturated heterocycles. The van der Waals surface area contributed by atoms with Crippen molar-refractivity contribution in [1.29, 1.82) is 0 Å². The zero-order chi connectivity index (χ0) is 34.0. The lowest BCUT2D eigenvalue weighted by Gasteiger charge is -2.54. The van der Waals surface area contributed by atoms with E-state index >= 15 is 0 Å². The van der Waals surface area contributed by atoms with Gasteiger partial charge in [-0.05, 0) is 61.8 Å². The molecule has 0 radical (unpaired) electrons. The summed E-state index contributed by atoms with van der Waals surface area (Å²) >= 11 is 0. The van der Waals surface area contributed by atoms with E-state index in [9.17, 15) is 14.7 Å². The molecule has 3 aliphatic carbocycles. The highest BCUT2D eigenvalue weighted by molar-refractivity contribution is 6.32.